The highest BCUT2D eigenvalue weighted by Crippen LogP contribution is 2.36. The summed E-state index contributed by atoms with van der Waals surface area (Å²) < 4.78 is 2.04. The Bertz CT molecular complexity index is 732. The van der Waals surface area contributed by atoms with Crippen molar-refractivity contribution < 1.29 is 4.79 Å². The molecule has 1 aromatic heterocycles. The standard InChI is InChI=1S/C17H16N2O/c1-17(2)9-15-14(16(20)10-17)6-7-19(15)13-5-3-4-12(8-13)11-18/h3-8H,9-10H2,1-2H3. The van der Waals surface area contributed by atoms with E-state index in [0.29, 0.717) is 12.0 Å². The molecule has 3 rings (SSSR count). The lowest BCUT2D eigenvalue weighted by Gasteiger charge is -2.29. The van der Waals surface area contributed by atoms with Crippen molar-refractivity contribution in [1.82, 2.24) is 4.57 Å². The molecule has 2 aromatic rings. The summed E-state index contributed by atoms with van der Waals surface area (Å²) in [4.78, 5) is 12.2. The van der Waals surface area contributed by atoms with E-state index in [4.69, 9.17) is 5.26 Å². The third-order valence-electron chi connectivity index (χ3n) is 3.83. The molecule has 0 bridgehead atoms. The van der Waals surface area contributed by atoms with E-state index in [2.05, 4.69) is 19.9 Å². The Morgan fingerprint density at radius 2 is 2.05 bits per heavy atom. The van der Waals surface area contributed by atoms with E-state index in [9.17, 15) is 4.79 Å². The highest BCUT2D eigenvalue weighted by atomic mass is 16.1. The van der Waals surface area contributed by atoms with Crippen LogP contribution in [0.3, 0.4) is 0 Å². The van der Waals surface area contributed by atoms with E-state index in [1.54, 1.807) is 6.07 Å². The second-order valence-corrected chi connectivity index (χ2v) is 6.15. The van der Waals surface area contributed by atoms with Gasteiger partial charge >= 0.3 is 0 Å². The Morgan fingerprint density at radius 3 is 2.80 bits per heavy atom. The lowest BCUT2D eigenvalue weighted by molar-refractivity contribution is 0.0911. The maximum absolute atomic E-state index is 12.2. The molecule has 1 aliphatic rings. The number of carbonyl (C=O) groups is 1. The topological polar surface area (TPSA) is 45.8 Å². The molecule has 20 heavy (non-hydrogen) atoms. The van der Waals surface area contributed by atoms with Crippen molar-refractivity contribution in [2.24, 2.45) is 5.41 Å². The minimum atomic E-state index is -0.00692. The smallest absolute Gasteiger partial charge is 0.165 e. The molecule has 0 spiro atoms. The van der Waals surface area contributed by atoms with Crippen LogP contribution in [0.15, 0.2) is 36.5 Å². The van der Waals surface area contributed by atoms with Gasteiger partial charge in [0.1, 0.15) is 0 Å². The third kappa shape index (κ3) is 2.04. The SMILES string of the molecule is CC1(C)CC(=O)c2ccn(-c3cccc(C#N)c3)c2C1. The van der Waals surface area contributed by atoms with Crippen LogP contribution in [0, 0.1) is 16.7 Å². The average molecular weight is 264 g/mol. The van der Waals surface area contributed by atoms with Crippen LogP contribution in [0.25, 0.3) is 5.69 Å². The van der Waals surface area contributed by atoms with E-state index >= 15 is 0 Å². The first-order valence-corrected chi connectivity index (χ1v) is 6.74. The van der Waals surface area contributed by atoms with E-state index in [0.717, 1.165) is 23.4 Å². The van der Waals surface area contributed by atoms with Gasteiger partial charge in [0.2, 0.25) is 0 Å². The quantitative estimate of drug-likeness (QED) is 0.791. The minimum Gasteiger partial charge on any atom is -0.320 e. The molecule has 100 valence electrons. The predicted molar refractivity (Wildman–Crippen MR) is 76.9 cm³/mol. The number of carbonyl (C=O) groups excluding carboxylic acids is 1. The summed E-state index contributed by atoms with van der Waals surface area (Å²) in [6.07, 6.45) is 3.40. The fourth-order valence-electron chi connectivity index (χ4n) is 2.91. The maximum Gasteiger partial charge on any atom is 0.165 e. The third-order valence-corrected chi connectivity index (χ3v) is 3.83. The zero-order valence-electron chi connectivity index (χ0n) is 11.7. The number of hydrogen-bond acceptors (Lipinski definition) is 2. The van der Waals surface area contributed by atoms with Crippen LogP contribution in [0.4, 0.5) is 0 Å². The van der Waals surface area contributed by atoms with Gasteiger partial charge in [-0.05, 0) is 36.1 Å². The summed E-state index contributed by atoms with van der Waals surface area (Å²) in [5.74, 6) is 0.214. The summed E-state index contributed by atoms with van der Waals surface area (Å²) in [5.41, 5.74) is 3.45. The zero-order chi connectivity index (χ0) is 14.3. The molecule has 1 aliphatic carbocycles. The van der Waals surface area contributed by atoms with Gasteiger partial charge in [-0.25, -0.2) is 0 Å². The Balaban J connectivity index is 2.13. The molecule has 0 saturated heterocycles. The van der Waals surface area contributed by atoms with Gasteiger partial charge in [0.15, 0.2) is 5.78 Å². The van der Waals surface area contributed by atoms with Gasteiger partial charge in [0.05, 0.1) is 11.6 Å². The number of hydrogen-bond donors (Lipinski definition) is 0. The number of ketones is 1. The van der Waals surface area contributed by atoms with Crippen LogP contribution in [0.5, 0.6) is 0 Å². The summed E-state index contributed by atoms with van der Waals surface area (Å²) >= 11 is 0. The lowest BCUT2D eigenvalue weighted by atomic mass is 9.76. The van der Waals surface area contributed by atoms with Gasteiger partial charge in [0, 0.05) is 29.6 Å². The minimum absolute atomic E-state index is 0.00692. The van der Waals surface area contributed by atoms with Crippen molar-refractivity contribution in [3.05, 3.63) is 53.3 Å². The molecule has 0 unspecified atom stereocenters. The van der Waals surface area contributed by atoms with Crippen LogP contribution in [-0.2, 0) is 6.42 Å². The summed E-state index contributed by atoms with van der Waals surface area (Å²) in [6, 6.07) is 11.5. The van der Waals surface area contributed by atoms with Crippen LogP contribution < -0.4 is 0 Å². The molecular formula is C17H16N2O. The molecule has 0 aliphatic heterocycles. The molecule has 0 radical (unpaired) electrons. The fourth-order valence-corrected chi connectivity index (χ4v) is 2.91. The molecule has 0 N–H and O–H groups in total. The number of nitriles is 1. The van der Waals surface area contributed by atoms with Gasteiger partial charge in [-0.3, -0.25) is 4.79 Å². The molecule has 3 heteroatoms. The number of aromatic nitrogens is 1. The van der Waals surface area contributed by atoms with Crippen molar-refractivity contribution in [1.29, 1.82) is 5.26 Å². The Morgan fingerprint density at radius 1 is 1.25 bits per heavy atom. The molecule has 1 aromatic carbocycles. The summed E-state index contributed by atoms with van der Waals surface area (Å²) in [7, 11) is 0. The van der Waals surface area contributed by atoms with Crippen molar-refractivity contribution in [2.75, 3.05) is 0 Å². The highest BCUT2D eigenvalue weighted by Gasteiger charge is 2.33. The van der Waals surface area contributed by atoms with Crippen molar-refractivity contribution >= 4 is 5.78 Å². The Labute approximate surface area is 118 Å². The lowest BCUT2D eigenvalue weighted by Crippen LogP contribution is -2.27. The number of Topliss-reactive ketones (excluding diaryl/α,β-unsaturated/α-hetero) is 1. The fraction of sp³-hybridized carbons (Fsp3) is 0.294. The zero-order valence-corrected chi connectivity index (χ0v) is 11.7. The first-order chi connectivity index (χ1) is 9.50. The molecule has 0 fully saturated rings. The number of rotatable bonds is 1. The van der Waals surface area contributed by atoms with Crippen molar-refractivity contribution in [2.45, 2.75) is 26.7 Å². The van der Waals surface area contributed by atoms with Gasteiger partial charge in [-0.2, -0.15) is 5.26 Å². The molecule has 0 amide bonds. The van der Waals surface area contributed by atoms with Crippen LogP contribution in [0.1, 0.15) is 41.9 Å². The second-order valence-electron chi connectivity index (χ2n) is 6.15. The highest BCUT2D eigenvalue weighted by molar-refractivity contribution is 5.99. The van der Waals surface area contributed by atoms with Crippen LogP contribution in [-0.4, -0.2) is 10.4 Å². The number of nitrogens with zero attached hydrogens (tertiary/aromatic N) is 2. The number of fused-ring (bicyclic) bond motifs is 1. The monoisotopic (exact) mass is 264 g/mol. The number of benzene rings is 1. The summed E-state index contributed by atoms with van der Waals surface area (Å²) in [6.45, 7) is 4.24. The van der Waals surface area contributed by atoms with E-state index in [1.165, 1.54) is 0 Å². The van der Waals surface area contributed by atoms with E-state index in [-0.39, 0.29) is 11.2 Å². The van der Waals surface area contributed by atoms with E-state index < -0.39 is 0 Å². The Kier molecular flexibility index (Phi) is 2.76. The normalized spacial score (nSPS) is 16.6. The van der Waals surface area contributed by atoms with Crippen LogP contribution in [0.2, 0.25) is 0 Å². The summed E-state index contributed by atoms with van der Waals surface area (Å²) in [5, 5.41) is 9.01. The molecule has 1 heterocycles. The second kappa shape index (κ2) is 4.35. The Hall–Kier alpha value is -2.34. The van der Waals surface area contributed by atoms with Crippen molar-refractivity contribution in [3.63, 3.8) is 0 Å². The maximum atomic E-state index is 12.2. The van der Waals surface area contributed by atoms with E-state index in [1.807, 2.05) is 35.0 Å². The molecular weight excluding hydrogens is 248 g/mol. The van der Waals surface area contributed by atoms with Gasteiger partial charge < -0.3 is 4.57 Å². The first-order valence-electron chi connectivity index (χ1n) is 6.74. The molecule has 0 atom stereocenters. The van der Waals surface area contributed by atoms with Crippen LogP contribution >= 0.6 is 0 Å². The van der Waals surface area contributed by atoms with Gasteiger partial charge in [-0.15, -0.1) is 0 Å². The first kappa shape index (κ1) is 12.7. The molecule has 0 saturated carbocycles. The average Bonchev–Trinajstić information content (AvgIpc) is 2.81. The molecule has 3 nitrogen and oxygen atoms in total. The van der Waals surface area contributed by atoms with Gasteiger partial charge in [-0.1, -0.05) is 19.9 Å². The van der Waals surface area contributed by atoms with Crippen molar-refractivity contribution in [3.8, 4) is 11.8 Å². The predicted octanol–water partition coefficient (Wildman–Crippen LogP) is 3.50. The van der Waals surface area contributed by atoms with Gasteiger partial charge in [0.25, 0.3) is 0 Å². The largest absolute Gasteiger partial charge is 0.320 e.